The fraction of sp³-hybridized carbons (Fsp3) is 0.0909. The van der Waals surface area contributed by atoms with Crippen LogP contribution in [0.5, 0.6) is 11.5 Å². The third-order valence-electron chi connectivity index (χ3n) is 1.97. The van der Waals surface area contributed by atoms with Crippen LogP contribution in [0.2, 0.25) is 0 Å². The van der Waals surface area contributed by atoms with Crippen molar-refractivity contribution in [2.75, 3.05) is 7.11 Å². The van der Waals surface area contributed by atoms with Crippen molar-refractivity contribution >= 4 is 27.9 Å². The highest BCUT2D eigenvalue weighted by Crippen LogP contribution is 2.35. The molecule has 0 aromatic heterocycles. The predicted octanol–water partition coefficient (Wildman–Crippen LogP) is 1.56. The van der Waals surface area contributed by atoms with Gasteiger partial charge in [0.2, 0.25) is 0 Å². The molecule has 5 nitrogen and oxygen atoms in total. The number of phenolic OH excluding ortho intramolecular Hbond substituents is 1. The average Bonchev–Trinajstić information content (AvgIpc) is 2.29. The molecule has 0 bridgehead atoms. The number of nitriles is 1. The Labute approximate surface area is 106 Å². The van der Waals surface area contributed by atoms with Gasteiger partial charge in [-0.2, -0.15) is 5.26 Å². The molecular formula is C11H9BrN2O3. The standard InChI is InChI=1S/C11H9BrN2O3/c1-17-9-4-6(3-8(12)10(9)15)2-7(5-13)11(14)16/h2-4,15H,1H3,(H2,14,16)/b7-2+. The molecule has 0 aliphatic rings. The maximum Gasteiger partial charge on any atom is 0.259 e. The average molecular weight is 297 g/mol. The normalized spacial score (nSPS) is 10.8. The third-order valence-corrected chi connectivity index (χ3v) is 2.57. The molecule has 3 N–H and O–H groups in total. The number of phenols is 1. The lowest BCUT2D eigenvalue weighted by Gasteiger charge is -2.06. The minimum absolute atomic E-state index is 0.0535. The fourth-order valence-corrected chi connectivity index (χ4v) is 1.62. The number of carbonyl (C=O) groups excluding carboxylic acids is 1. The first-order valence-corrected chi connectivity index (χ1v) is 5.27. The van der Waals surface area contributed by atoms with E-state index in [1.54, 1.807) is 6.07 Å². The molecule has 1 aromatic carbocycles. The summed E-state index contributed by atoms with van der Waals surface area (Å²) in [4.78, 5) is 10.9. The van der Waals surface area contributed by atoms with Gasteiger partial charge in [-0.1, -0.05) is 0 Å². The largest absolute Gasteiger partial charge is 0.503 e. The summed E-state index contributed by atoms with van der Waals surface area (Å²) in [7, 11) is 1.40. The summed E-state index contributed by atoms with van der Waals surface area (Å²) in [6, 6.07) is 4.72. The Morgan fingerprint density at radius 1 is 1.65 bits per heavy atom. The van der Waals surface area contributed by atoms with Crippen LogP contribution in [0.3, 0.4) is 0 Å². The molecule has 0 aliphatic carbocycles. The number of hydrogen-bond acceptors (Lipinski definition) is 4. The van der Waals surface area contributed by atoms with Gasteiger partial charge in [0.05, 0.1) is 11.6 Å². The second kappa shape index (κ2) is 5.37. The number of amides is 1. The van der Waals surface area contributed by atoms with Crippen molar-refractivity contribution < 1.29 is 14.6 Å². The molecule has 0 fully saturated rings. The molecule has 0 heterocycles. The van der Waals surface area contributed by atoms with Gasteiger partial charge in [0.1, 0.15) is 11.6 Å². The van der Waals surface area contributed by atoms with Crippen LogP contribution in [0.25, 0.3) is 6.08 Å². The van der Waals surface area contributed by atoms with E-state index in [0.717, 1.165) is 0 Å². The molecule has 1 rings (SSSR count). The quantitative estimate of drug-likeness (QED) is 0.653. The van der Waals surface area contributed by atoms with E-state index in [4.69, 9.17) is 15.7 Å². The van der Waals surface area contributed by atoms with Gasteiger partial charge in [0.15, 0.2) is 11.5 Å². The molecule has 1 aromatic rings. The maximum absolute atomic E-state index is 10.9. The smallest absolute Gasteiger partial charge is 0.259 e. The minimum Gasteiger partial charge on any atom is -0.503 e. The number of rotatable bonds is 3. The van der Waals surface area contributed by atoms with Gasteiger partial charge in [-0.25, -0.2) is 0 Å². The van der Waals surface area contributed by atoms with Crippen molar-refractivity contribution in [2.24, 2.45) is 5.73 Å². The lowest BCUT2D eigenvalue weighted by Crippen LogP contribution is -2.12. The second-order valence-corrected chi connectivity index (χ2v) is 3.94. The van der Waals surface area contributed by atoms with Crippen molar-refractivity contribution in [3.05, 3.63) is 27.7 Å². The number of nitrogens with zero attached hydrogens (tertiary/aromatic N) is 1. The van der Waals surface area contributed by atoms with Crippen molar-refractivity contribution in [2.45, 2.75) is 0 Å². The highest BCUT2D eigenvalue weighted by molar-refractivity contribution is 9.10. The predicted molar refractivity (Wildman–Crippen MR) is 65.1 cm³/mol. The monoisotopic (exact) mass is 296 g/mol. The highest BCUT2D eigenvalue weighted by Gasteiger charge is 2.09. The summed E-state index contributed by atoms with van der Waals surface area (Å²) in [5, 5.41) is 18.3. The summed E-state index contributed by atoms with van der Waals surface area (Å²) >= 11 is 3.13. The molecule has 0 aliphatic heterocycles. The molecule has 0 unspecified atom stereocenters. The molecule has 0 radical (unpaired) electrons. The van der Waals surface area contributed by atoms with Crippen LogP contribution >= 0.6 is 15.9 Å². The van der Waals surface area contributed by atoms with E-state index in [1.165, 1.54) is 25.3 Å². The molecule has 6 heteroatoms. The number of nitrogens with two attached hydrogens (primary N) is 1. The maximum atomic E-state index is 10.9. The van der Waals surface area contributed by atoms with Gasteiger partial charge >= 0.3 is 0 Å². The number of benzene rings is 1. The second-order valence-electron chi connectivity index (χ2n) is 3.09. The van der Waals surface area contributed by atoms with Crippen LogP contribution in [0, 0.1) is 11.3 Å². The molecule has 0 saturated carbocycles. The Bertz CT molecular complexity index is 532. The van der Waals surface area contributed by atoms with Crippen LogP contribution in [0.1, 0.15) is 5.56 Å². The van der Waals surface area contributed by atoms with Crippen molar-refractivity contribution in [1.82, 2.24) is 0 Å². The van der Waals surface area contributed by atoms with Crippen LogP contribution in [0.4, 0.5) is 0 Å². The number of halogens is 1. The lowest BCUT2D eigenvalue weighted by molar-refractivity contribution is -0.114. The topological polar surface area (TPSA) is 96.3 Å². The first-order chi connectivity index (χ1) is 7.99. The number of methoxy groups -OCH3 is 1. The van der Waals surface area contributed by atoms with E-state index in [-0.39, 0.29) is 17.1 Å². The van der Waals surface area contributed by atoms with E-state index in [1.807, 2.05) is 0 Å². The van der Waals surface area contributed by atoms with E-state index in [2.05, 4.69) is 15.9 Å². The van der Waals surface area contributed by atoms with Crippen molar-refractivity contribution in [3.63, 3.8) is 0 Å². The highest BCUT2D eigenvalue weighted by atomic mass is 79.9. The van der Waals surface area contributed by atoms with Crippen molar-refractivity contribution in [3.8, 4) is 17.6 Å². The zero-order valence-corrected chi connectivity index (χ0v) is 10.5. The van der Waals surface area contributed by atoms with Gasteiger partial charge in [0.25, 0.3) is 5.91 Å². The van der Waals surface area contributed by atoms with Gasteiger partial charge in [0, 0.05) is 0 Å². The third kappa shape index (κ3) is 2.98. The minimum atomic E-state index is -0.810. The summed E-state index contributed by atoms with van der Waals surface area (Å²) < 4.78 is 5.33. The van der Waals surface area contributed by atoms with E-state index in [0.29, 0.717) is 10.0 Å². The molecule has 0 saturated heterocycles. The Morgan fingerprint density at radius 2 is 2.29 bits per heavy atom. The Hall–Kier alpha value is -2.00. The van der Waals surface area contributed by atoms with Gasteiger partial charge in [-0.05, 0) is 39.7 Å². The zero-order valence-electron chi connectivity index (χ0n) is 8.90. The van der Waals surface area contributed by atoms with Crippen LogP contribution < -0.4 is 10.5 Å². The number of primary amides is 1. The molecule has 0 atom stereocenters. The van der Waals surface area contributed by atoms with Gasteiger partial charge in [-0.15, -0.1) is 0 Å². The molecule has 17 heavy (non-hydrogen) atoms. The summed E-state index contributed by atoms with van der Waals surface area (Å²) in [6.07, 6.45) is 1.31. The van der Waals surface area contributed by atoms with Crippen LogP contribution in [0.15, 0.2) is 22.2 Å². The molecular weight excluding hydrogens is 288 g/mol. The number of hydrogen-bond donors (Lipinski definition) is 2. The summed E-state index contributed by atoms with van der Waals surface area (Å²) in [5.41, 5.74) is 5.35. The van der Waals surface area contributed by atoms with Gasteiger partial charge in [-0.3, -0.25) is 4.79 Å². The first kappa shape index (κ1) is 13.1. The van der Waals surface area contributed by atoms with Crippen molar-refractivity contribution in [1.29, 1.82) is 5.26 Å². The Morgan fingerprint density at radius 3 is 2.76 bits per heavy atom. The number of ether oxygens (including phenoxy) is 1. The molecule has 0 spiro atoms. The van der Waals surface area contributed by atoms with E-state index in [9.17, 15) is 9.90 Å². The van der Waals surface area contributed by atoms with E-state index < -0.39 is 5.91 Å². The molecule has 1 amide bonds. The van der Waals surface area contributed by atoms with Crippen LogP contribution in [-0.2, 0) is 4.79 Å². The molecule has 88 valence electrons. The Balaban J connectivity index is 3.30. The SMILES string of the molecule is COc1cc(/C=C(\C#N)C(N)=O)cc(Br)c1O. The lowest BCUT2D eigenvalue weighted by atomic mass is 10.1. The van der Waals surface area contributed by atoms with Gasteiger partial charge < -0.3 is 15.6 Å². The number of carbonyl (C=O) groups is 1. The fourth-order valence-electron chi connectivity index (χ4n) is 1.16. The Kier molecular flexibility index (Phi) is 4.12. The summed E-state index contributed by atoms with van der Waals surface area (Å²) in [5.74, 6) is -0.634. The number of aromatic hydroxyl groups is 1. The summed E-state index contributed by atoms with van der Waals surface area (Å²) in [6.45, 7) is 0. The first-order valence-electron chi connectivity index (χ1n) is 4.47. The van der Waals surface area contributed by atoms with Crippen LogP contribution in [-0.4, -0.2) is 18.1 Å². The zero-order chi connectivity index (χ0) is 13.0. The van der Waals surface area contributed by atoms with E-state index >= 15 is 0 Å².